The molecule has 2 saturated heterocycles. The second kappa shape index (κ2) is 37.7. The number of ether oxygens (including phenoxy) is 4. The molecule has 2 heterocycles. The van der Waals surface area contributed by atoms with Crippen LogP contribution in [0.3, 0.4) is 0 Å². The molecular formula is C50H95NO13. The van der Waals surface area contributed by atoms with E-state index in [1.807, 2.05) is 6.08 Å². The molecule has 2 aliphatic heterocycles. The molecule has 0 aromatic rings. The molecule has 0 radical (unpaired) electrons. The maximum atomic E-state index is 13.2. The Morgan fingerprint density at radius 1 is 0.547 bits per heavy atom. The highest BCUT2D eigenvalue weighted by Crippen LogP contribution is 2.30. The number of hydrogen-bond donors (Lipinski definition) is 9. The Morgan fingerprint density at radius 2 is 0.969 bits per heavy atom. The van der Waals surface area contributed by atoms with Gasteiger partial charge in [0.05, 0.1) is 32.0 Å². The summed E-state index contributed by atoms with van der Waals surface area (Å²) in [7, 11) is 0. The third kappa shape index (κ3) is 24.7. The highest BCUT2D eigenvalue weighted by Gasteiger charge is 2.51. The number of amides is 1. The average Bonchev–Trinajstić information content (AvgIpc) is 3.29. The first kappa shape index (κ1) is 58.9. The van der Waals surface area contributed by atoms with E-state index in [-0.39, 0.29) is 18.9 Å². The van der Waals surface area contributed by atoms with Crippen molar-refractivity contribution in [2.45, 2.75) is 280 Å². The quantitative estimate of drug-likeness (QED) is 0.0229. The minimum absolute atomic E-state index is 0.237. The Hall–Kier alpha value is -1.27. The monoisotopic (exact) mass is 918 g/mol. The lowest BCUT2D eigenvalue weighted by Gasteiger charge is -2.46. The summed E-state index contributed by atoms with van der Waals surface area (Å²) in [5, 5.41) is 86.7. The number of carbonyl (C=O) groups is 1. The number of carbonyl (C=O) groups excluding carboxylic acids is 1. The molecule has 2 rings (SSSR count). The standard InChI is InChI=1S/C50H95NO13/c1-3-5-7-9-11-13-15-17-19-21-23-25-27-29-31-33-39(54)38(51-42(55)34-32-30-28-26-24-22-20-18-16-14-12-10-8-6-4-2)37-61-49-47(60)45(58)48(41(36-53)63-49)64-50-46(59)44(57)43(56)40(35-52)62-50/h31,33,38-41,43-50,52-54,56-60H,3-30,32,34-37H2,1-2H3,(H,51,55)/b33-31+. The maximum Gasteiger partial charge on any atom is 0.220 e. The largest absolute Gasteiger partial charge is 0.394 e. The first-order chi connectivity index (χ1) is 31.1. The Bertz CT molecular complexity index is 1130. The first-order valence-corrected chi connectivity index (χ1v) is 25.9. The molecule has 12 atom stereocenters. The molecule has 64 heavy (non-hydrogen) atoms. The molecule has 0 aromatic heterocycles. The van der Waals surface area contributed by atoms with E-state index in [2.05, 4.69) is 19.2 Å². The topological polar surface area (TPSA) is 228 Å². The van der Waals surface area contributed by atoms with Gasteiger partial charge in [-0.3, -0.25) is 4.79 Å². The summed E-state index contributed by atoms with van der Waals surface area (Å²) in [6.45, 7) is 2.79. The van der Waals surface area contributed by atoms with Crippen molar-refractivity contribution >= 4 is 5.91 Å². The van der Waals surface area contributed by atoms with Gasteiger partial charge in [0.1, 0.15) is 48.8 Å². The van der Waals surface area contributed by atoms with Gasteiger partial charge >= 0.3 is 0 Å². The maximum absolute atomic E-state index is 13.2. The zero-order valence-electron chi connectivity index (χ0n) is 40.0. The number of hydrogen-bond acceptors (Lipinski definition) is 13. The molecule has 378 valence electrons. The molecule has 0 aliphatic carbocycles. The Labute approximate surface area is 386 Å². The van der Waals surface area contributed by atoms with Gasteiger partial charge in [0.2, 0.25) is 5.91 Å². The number of aliphatic hydroxyl groups is 8. The van der Waals surface area contributed by atoms with Gasteiger partial charge in [-0.15, -0.1) is 0 Å². The molecule has 1 amide bonds. The average molecular weight is 918 g/mol. The van der Waals surface area contributed by atoms with Crippen LogP contribution in [0, 0.1) is 0 Å². The Morgan fingerprint density at radius 3 is 1.44 bits per heavy atom. The van der Waals surface area contributed by atoms with E-state index >= 15 is 0 Å². The van der Waals surface area contributed by atoms with Gasteiger partial charge in [0.25, 0.3) is 0 Å². The third-order valence-electron chi connectivity index (χ3n) is 13.0. The minimum Gasteiger partial charge on any atom is -0.394 e. The fourth-order valence-electron chi connectivity index (χ4n) is 8.70. The van der Waals surface area contributed by atoms with Crippen LogP contribution in [-0.2, 0) is 23.7 Å². The second-order valence-electron chi connectivity index (χ2n) is 18.7. The van der Waals surface area contributed by atoms with E-state index in [9.17, 15) is 45.6 Å². The number of unbranched alkanes of at least 4 members (excludes halogenated alkanes) is 27. The molecule has 0 saturated carbocycles. The van der Waals surface area contributed by atoms with E-state index < -0.39 is 86.8 Å². The molecule has 9 N–H and O–H groups in total. The van der Waals surface area contributed by atoms with E-state index in [0.717, 1.165) is 38.5 Å². The SMILES string of the molecule is CCCCCCCCCCCCCCC/C=C/C(O)C(COC1OC(CO)C(OC2OC(CO)C(O)C(O)C2O)C(O)C1O)NC(=O)CCCCCCCCCCCCCCCCC. The number of aliphatic hydroxyl groups excluding tert-OH is 8. The smallest absolute Gasteiger partial charge is 0.220 e. The highest BCUT2D eigenvalue weighted by atomic mass is 16.7. The van der Waals surface area contributed by atoms with Crippen LogP contribution in [-0.4, -0.2) is 140 Å². The van der Waals surface area contributed by atoms with Crippen molar-refractivity contribution in [1.82, 2.24) is 5.32 Å². The van der Waals surface area contributed by atoms with Crippen molar-refractivity contribution in [2.75, 3.05) is 19.8 Å². The first-order valence-electron chi connectivity index (χ1n) is 25.9. The molecule has 12 unspecified atom stereocenters. The molecule has 2 aliphatic rings. The van der Waals surface area contributed by atoms with Gasteiger partial charge in [-0.05, 0) is 19.3 Å². The summed E-state index contributed by atoms with van der Waals surface area (Å²) in [5.41, 5.74) is 0. The van der Waals surface area contributed by atoms with Crippen molar-refractivity contribution in [3.63, 3.8) is 0 Å². The van der Waals surface area contributed by atoms with Crippen LogP contribution >= 0.6 is 0 Å². The normalized spacial score (nSPS) is 27.3. The van der Waals surface area contributed by atoms with Crippen LogP contribution in [0.15, 0.2) is 12.2 Å². The second-order valence-corrected chi connectivity index (χ2v) is 18.7. The zero-order chi connectivity index (χ0) is 46.8. The van der Waals surface area contributed by atoms with E-state index in [1.54, 1.807) is 6.08 Å². The molecule has 14 heteroatoms. The van der Waals surface area contributed by atoms with Crippen molar-refractivity contribution in [3.05, 3.63) is 12.2 Å². The van der Waals surface area contributed by atoms with Crippen LogP contribution in [0.25, 0.3) is 0 Å². The predicted molar refractivity (Wildman–Crippen MR) is 249 cm³/mol. The Kier molecular flexibility index (Phi) is 34.7. The van der Waals surface area contributed by atoms with Crippen molar-refractivity contribution < 1.29 is 64.6 Å². The minimum atomic E-state index is -1.78. The van der Waals surface area contributed by atoms with Gasteiger partial charge in [0, 0.05) is 6.42 Å². The van der Waals surface area contributed by atoms with Crippen molar-refractivity contribution in [3.8, 4) is 0 Å². The summed E-state index contributed by atoms with van der Waals surface area (Å²) in [4.78, 5) is 13.2. The van der Waals surface area contributed by atoms with Gasteiger partial charge in [-0.25, -0.2) is 0 Å². The highest BCUT2D eigenvalue weighted by molar-refractivity contribution is 5.76. The predicted octanol–water partition coefficient (Wildman–Crippen LogP) is 6.77. The lowest BCUT2D eigenvalue weighted by molar-refractivity contribution is -0.359. The van der Waals surface area contributed by atoms with E-state index in [4.69, 9.17) is 18.9 Å². The molecular weight excluding hydrogens is 823 g/mol. The van der Waals surface area contributed by atoms with Crippen LogP contribution in [0.4, 0.5) is 0 Å². The number of rotatable bonds is 40. The molecule has 0 aromatic carbocycles. The van der Waals surface area contributed by atoms with Crippen LogP contribution in [0.2, 0.25) is 0 Å². The van der Waals surface area contributed by atoms with E-state index in [1.165, 1.54) is 141 Å². The third-order valence-corrected chi connectivity index (χ3v) is 13.0. The summed E-state index contributed by atoms with van der Waals surface area (Å²) in [6, 6.07) is -0.907. The fraction of sp³-hybridized carbons (Fsp3) is 0.940. The van der Waals surface area contributed by atoms with Gasteiger partial charge < -0.3 is 65.1 Å². The van der Waals surface area contributed by atoms with Gasteiger partial charge in [0.15, 0.2) is 12.6 Å². The molecule has 14 nitrogen and oxygen atoms in total. The Balaban J connectivity index is 1.85. The molecule has 0 spiro atoms. The summed E-state index contributed by atoms with van der Waals surface area (Å²) in [5.74, 6) is -0.237. The number of allylic oxidation sites excluding steroid dienone is 1. The fourth-order valence-corrected chi connectivity index (χ4v) is 8.70. The molecule has 2 fully saturated rings. The van der Waals surface area contributed by atoms with Crippen molar-refractivity contribution in [2.24, 2.45) is 0 Å². The van der Waals surface area contributed by atoms with Crippen LogP contribution in [0.1, 0.15) is 206 Å². The summed E-state index contributed by atoms with van der Waals surface area (Å²) >= 11 is 0. The summed E-state index contributed by atoms with van der Waals surface area (Å²) in [6.07, 6.45) is 22.4. The van der Waals surface area contributed by atoms with E-state index in [0.29, 0.717) is 6.42 Å². The zero-order valence-corrected chi connectivity index (χ0v) is 40.0. The molecule has 0 bridgehead atoms. The van der Waals surface area contributed by atoms with Gasteiger partial charge in [-0.2, -0.15) is 0 Å². The lowest BCUT2D eigenvalue weighted by atomic mass is 9.97. The summed E-state index contributed by atoms with van der Waals surface area (Å²) < 4.78 is 22.7. The lowest BCUT2D eigenvalue weighted by Crippen LogP contribution is -2.65. The van der Waals surface area contributed by atoms with Gasteiger partial charge in [-0.1, -0.05) is 193 Å². The number of nitrogens with one attached hydrogen (secondary N) is 1. The van der Waals surface area contributed by atoms with Crippen molar-refractivity contribution in [1.29, 1.82) is 0 Å². The van der Waals surface area contributed by atoms with Crippen LogP contribution < -0.4 is 5.32 Å². The van der Waals surface area contributed by atoms with Crippen LogP contribution in [0.5, 0.6) is 0 Å².